The second-order valence-electron chi connectivity index (χ2n) is 4.06. The number of hydrogen-bond donors (Lipinski definition) is 1. The van der Waals surface area contributed by atoms with Crippen LogP contribution in [0.1, 0.15) is 32.2 Å². The summed E-state index contributed by atoms with van der Waals surface area (Å²) < 4.78 is 11.1. The number of nitrogens with two attached hydrogens (primary N) is 1. The molecule has 2 rings (SSSR count). The fourth-order valence-corrected chi connectivity index (χ4v) is 1.68. The first-order valence-electron chi connectivity index (χ1n) is 5.66. The third kappa shape index (κ3) is 2.33. The Morgan fingerprint density at radius 3 is 3.00 bits per heavy atom. The summed E-state index contributed by atoms with van der Waals surface area (Å²) in [5, 5.41) is 7.92. The molecule has 1 aromatic heterocycles. The lowest BCUT2D eigenvalue weighted by Crippen LogP contribution is -2.42. The first kappa shape index (κ1) is 11.3. The second-order valence-corrected chi connectivity index (χ2v) is 4.06. The third-order valence-electron chi connectivity index (χ3n) is 2.68. The Balaban J connectivity index is 2.05. The van der Waals surface area contributed by atoms with Crippen LogP contribution >= 0.6 is 0 Å². The van der Waals surface area contributed by atoms with E-state index >= 15 is 0 Å². The van der Waals surface area contributed by atoms with Crippen LogP contribution in [0.2, 0.25) is 0 Å². The van der Waals surface area contributed by atoms with E-state index in [1.54, 1.807) is 0 Å². The topological polar surface area (TPSA) is 77.4 Å². The van der Waals surface area contributed by atoms with Crippen molar-refractivity contribution in [3.63, 3.8) is 0 Å². The molecule has 1 fully saturated rings. The Bertz CT molecular complexity index is 339. The summed E-state index contributed by atoms with van der Waals surface area (Å²) >= 11 is 0. The van der Waals surface area contributed by atoms with Gasteiger partial charge in [-0.15, -0.1) is 5.10 Å². The average molecular weight is 226 g/mol. The van der Waals surface area contributed by atoms with Crippen LogP contribution in [0.15, 0.2) is 4.42 Å². The number of ether oxygens (including phenoxy) is 1. The molecular formula is C10H18N4O2. The van der Waals surface area contributed by atoms with Crippen molar-refractivity contribution in [2.24, 2.45) is 5.73 Å². The Hall–Kier alpha value is -1.14. The summed E-state index contributed by atoms with van der Waals surface area (Å²) in [6.45, 7) is 6.23. The predicted octanol–water partition coefficient (Wildman–Crippen LogP) is 0.705. The summed E-state index contributed by atoms with van der Waals surface area (Å²) in [6.07, 6.45) is 1.24. The molecule has 16 heavy (non-hydrogen) atoms. The van der Waals surface area contributed by atoms with E-state index in [4.69, 9.17) is 14.9 Å². The zero-order valence-corrected chi connectivity index (χ0v) is 9.72. The van der Waals surface area contributed by atoms with E-state index in [-0.39, 0.29) is 12.1 Å². The summed E-state index contributed by atoms with van der Waals surface area (Å²) in [7, 11) is 0. The molecule has 1 aliphatic heterocycles. The molecule has 0 spiro atoms. The summed E-state index contributed by atoms with van der Waals surface area (Å²) in [5.41, 5.74) is 5.67. The van der Waals surface area contributed by atoms with Gasteiger partial charge in [0.1, 0.15) is 0 Å². The maximum atomic E-state index is 5.67. The Morgan fingerprint density at radius 1 is 1.56 bits per heavy atom. The SMILES string of the molecule is CCC1CN(c2nnc(C(C)N)o2)CCO1. The van der Waals surface area contributed by atoms with Gasteiger partial charge in [0.05, 0.1) is 18.8 Å². The average Bonchev–Trinajstić information content (AvgIpc) is 2.78. The van der Waals surface area contributed by atoms with Gasteiger partial charge >= 0.3 is 6.01 Å². The van der Waals surface area contributed by atoms with Crippen molar-refractivity contribution in [2.75, 3.05) is 24.6 Å². The van der Waals surface area contributed by atoms with Crippen molar-refractivity contribution in [3.05, 3.63) is 5.89 Å². The molecule has 2 N–H and O–H groups in total. The third-order valence-corrected chi connectivity index (χ3v) is 2.68. The molecule has 90 valence electrons. The monoisotopic (exact) mass is 226 g/mol. The van der Waals surface area contributed by atoms with Gasteiger partial charge in [-0.3, -0.25) is 0 Å². The van der Waals surface area contributed by atoms with Gasteiger partial charge < -0.3 is 19.8 Å². The van der Waals surface area contributed by atoms with E-state index in [0.717, 1.165) is 19.5 Å². The van der Waals surface area contributed by atoms with Crippen molar-refractivity contribution in [3.8, 4) is 0 Å². The first-order valence-corrected chi connectivity index (χ1v) is 5.66. The van der Waals surface area contributed by atoms with Gasteiger partial charge in [0.2, 0.25) is 5.89 Å². The van der Waals surface area contributed by atoms with E-state index in [1.165, 1.54) is 0 Å². The normalized spacial score (nSPS) is 23.4. The van der Waals surface area contributed by atoms with Gasteiger partial charge in [-0.05, 0) is 13.3 Å². The first-order chi connectivity index (χ1) is 7.70. The van der Waals surface area contributed by atoms with Gasteiger partial charge in [-0.2, -0.15) is 0 Å². The maximum Gasteiger partial charge on any atom is 0.318 e. The molecule has 1 aromatic rings. The number of anilines is 1. The second kappa shape index (κ2) is 4.80. The van der Waals surface area contributed by atoms with E-state index in [1.807, 2.05) is 6.92 Å². The van der Waals surface area contributed by atoms with Crippen molar-refractivity contribution < 1.29 is 9.15 Å². The highest BCUT2D eigenvalue weighted by Crippen LogP contribution is 2.19. The Labute approximate surface area is 94.8 Å². The molecule has 0 aromatic carbocycles. The Kier molecular flexibility index (Phi) is 3.40. The lowest BCUT2D eigenvalue weighted by atomic mass is 10.2. The van der Waals surface area contributed by atoms with Crippen LogP contribution in [0.5, 0.6) is 0 Å². The molecule has 1 saturated heterocycles. The van der Waals surface area contributed by atoms with Crippen molar-refractivity contribution in [1.29, 1.82) is 0 Å². The minimum atomic E-state index is -0.218. The standard InChI is InChI=1S/C10H18N4O2/c1-3-8-6-14(4-5-15-8)10-13-12-9(16-10)7(2)11/h7-8H,3-6,11H2,1-2H3. The van der Waals surface area contributed by atoms with Gasteiger partial charge in [0.25, 0.3) is 0 Å². The van der Waals surface area contributed by atoms with E-state index in [2.05, 4.69) is 22.0 Å². The summed E-state index contributed by atoms with van der Waals surface area (Å²) in [6, 6.07) is 0.332. The molecule has 0 bridgehead atoms. The maximum absolute atomic E-state index is 5.67. The number of nitrogens with zero attached hydrogens (tertiary/aromatic N) is 3. The van der Waals surface area contributed by atoms with Crippen LogP contribution in [0.4, 0.5) is 6.01 Å². The zero-order chi connectivity index (χ0) is 11.5. The van der Waals surface area contributed by atoms with Crippen LogP contribution < -0.4 is 10.6 Å². The largest absolute Gasteiger partial charge is 0.406 e. The molecule has 1 aliphatic rings. The minimum Gasteiger partial charge on any atom is -0.406 e. The summed E-state index contributed by atoms with van der Waals surface area (Å²) in [4.78, 5) is 2.05. The fourth-order valence-electron chi connectivity index (χ4n) is 1.68. The summed E-state index contributed by atoms with van der Waals surface area (Å²) in [5.74, 6) is 0.481. The van der Waals surface area contributed by atoms with E-state index < -0.39 is 0 Å². The highest BCUT2D eigenvalue weighted by atomic mass is 16.5. The zero-order valence-electron chi connectivity index (χ0n) is 9.72. The number of morpholine rings is 1. The molecule has 2 heterocycles. The molecule has 6 nitrogen and oxygen atoms in total. The Morgan fingerprint density at radius 2 is 2.38 bits per heavy atom. The number of aromatic nitrogens is 2. The lowest BCUT2D eigenvalue weighted by Gasteiger charge is -2.30. The van der Waals surface area contributed by atoms with Crippen LogP contribution in [0, 0.1) is 0 Å². The van der Waals surface area contributed by atoms with Gasteiger partial charge in [-0.25, -0.2) is 0 Å². The fraction of sp³-hybridized carbons (Fsp3) is 0.800. The highest BCUT2D eigenvalue weighted by molar-refractivity contribution is 5.25. The molecule has 0 radical (unpaired) electrons. The molecule has 2 atom stereocenters. The highest BCUT2D eigenvalue weighted by Gasteiger charge is 2.23. The molecule has 0 aliphatic carbocycles. The molecular weight excluding hydrogens is 208 g/mol. The quantitative estimate of drug-likeness (QED) is 0.817. The van der Waals surface area contributed by atoms with Crippen LogP contribution in [0.25, 0.3) is 0 Å². The number of rotatable bonds is 3. The van der Waals surface area contributed by atoms with Crippen LogP contribution in [0.3, 0.4) is 0 Å². The van der Waals surface area contributed by atoms with Crippen molar-refractivity contribution in [1.82, 2.24) is 10.2 Å². The van der Waals surface area contributed by atoms with Crippen LogP contribution in [-0.4, -0.2) is 36.0 Å². The van der Waals surface area contributed by atoms with Gasteiger partial charge in [0.15, 0.2) is 0 Å². The molecule has 6 heteroatoms. The van der Waals surface area contributed by atoms with Crippen molar-refractivity contribution in [2.45, 2.75) is 32.4 Å². The molecule has 2 unspecified atom stereocenters. The van der Waals surface area contributed by atoms with Gasteiger partial charge in [-0.1, -0.05) is 12.0 Å². The lowest BCUT2D eigenvalue weighted by molar-refractivity contribution is 0.0366. The van der Waals surface area contributed by atoms with E-state index in [9.17, 15) is 0 Å². The predicted molar refractivity (Wildman–Crippen MR) is 59.1 cm³/mol. The van der Waals surface area contributed by atoms with E-state index in [0.29, 0.717) is 18.5 Å². The molecule has 0 amide bonds. The minimum absolute atomic E-state index is 0.218. The van der Waals surface area contributed by atoms with Gasteiger partial charge in [0, 0.05) is 13.1 Å². The van der Waals surface area contributed by atoms with Crippen molar-refractivity contribution >= 4 is 6.01 Å². The number of hydrogen-bond acceptors (Lipinski definition) is 6. The van der Waals surface area contributed by atoms with Crippen LogP contribution in [-0.2, 0) is 4.74 Å². The molecule has 0 saturated carbocycles. The smallest absolute Gasteiger partial charge is 0.318 e.